The fraction of sp³-hybridized carbons (Fsp3) is 0.500. The molecule has 118 valence electrons. The van der Waals surface area contributed by atoms with E-state index in [-0.39, 0.29) is 0 Å². The van der Waals surface area contributed by atoms with Crippen LogP contribution < -0.4 is 0 Å². The summed E-state index contributed by atoms with van der Waals surface area (Å²) in [5.74, 6) is 0. The smallest absolute Gasteiger partial charge is 0.0705 e. The number of aromatic nitrogens is 2. The predicted octanol–water partition coefficient (Wildman–Crippen LogP) is 2.61. The van der Waals surface area contributed by atoms with Gasteiger partial charge in [-0.15, -0.1) is 0 Å². The van der Waals surface area contributed by atoms with Crippen LogP contribution in [0.1, 0.15) is 18.4 Å². The Labute approximate surface area is 132 Å². The third-order valence-corrected chi connectivity index (χ3v) is 4.24. The Morgan fingerprint density at radius 1 is 1.14 bits per heavy atom. The molecule has 0 bridgehead atoms. The molecule has 1 aromatic heterocycles. The average molecular weight is 299 g/mol. The van der Waals surface area contributed by atoms with E-state index >= 15 is 0 Å². The molecule has 0 spiro atoms. The zero-order valence-electron chi connectivity index (χ0n) is 13.1. The summed E-state index contributed by atoms with van der Waals surface area (Å²) in [6.07, 6.45) is 7.61. The van der Waals surface area contributed by atoms with Gasteiger partial charge in [-0.25, -0.2) is 0 Å². The van der Waals surface area contributed by atoms with Gasteiger partial charge in [-0.05, 0) is 30.9 Å². The van der Waals surface area contributed by atoms with Gasteiger partial charge in [0.1, 0.15) is 0 Å². The molecule has 1 aromatic carbocycles. The maximum Gasteiger partial charge on any atom is 0.0705 e. The SMILES string of the molecule is c1ccc(CCC2CN(CCCn3cccn3)CCO2)cc1. The molecule has 1 aliphatic rings. The number of rotatable bonds is 7. The maximum absolute atomic E-state index is 5.92. The molecule has 1 atom stereocenters. The van der Waals surface area contributed by atoms with Gasteiger partial charge in [0, 0.05) is 38.6 Å². The van der Waals surface area contributed by atoms with E-state index in [0.29, 0.717) is 6.10 Å². The van der Waals surface area contributed by atoms with E-state index in [4.69, 9.17) is 4.74 Å². The van der Waals surface area contributed by atoms with Crippen LogP contribution in [0.2, 0.25) is 0 Å². The molecule has 0 aliphatic carbocycles. The van der Waals surface area contributed by atoms with Crippen LogP contribution >= 0.6 is 0 Å². The van der Waals surface area contributed by atoms with Gasteiger partial charge >= 0.3 is 0 Å². The van der Waals surface area contributed by atoms with Crippen molar-refractivity contribution in [3.63, 3.8) is 0 Å². The zero-order chi connectivity index (χ0) is 15.0. The summed E-state index contributed by atoms with van der Waals surface area (Å²) in [5.41, 5.74) is 1.40. The van der Waals surface area contributed by atoms with Crippen LogP contribution in [0.15, 0.2) is 48.8 Å². The highest BCUT2D eigenvalue weighted by molar-refractivity contribution is 5.14. The molecule has 1 saturated heterocycles. The highest BCUT2D eigenvalue weighted by Crippen LogP contribution is 2.13. The normalized spacial score (nSPS) is 19.4. The Morgan fingerprint density at radius 2 is 2.05 bits per heavy atom. The molecule has 1 aliphatic heterocycles. The van der Waals surface area contributed by atoms with E-state index in [2.05, 4.69) is 40.3 Å². The van der Waals surface area contributed by atoms with Crippen LogP contribution in [0.25, 0.3) is 0 Å². The van der Waals surface area contributed by atoms with Crippen LogP contribution in [0, 0.1) is 0 Å². The van der Waals surface area contributed by atoms with Gasteiger partial charge in [-0.1, -0.05) is 30.3 Å². The lowest BCUT2D eigenvalue weighted by molar-refractivity contribution is -0.0322. The number of morpholine rings is 1. The first-order chi connectivity index (χ1) is 10.9. The number of ether oxygens (including phenoxy) is 1. The number of aryl methyl sites for hydroxylation is 2. The van der Waals surface area contributed by atoms with E-state index in [1.54, 1.807) is 0 Å². The minimum atomic E-state index is 0.374. The first kappa shape index (κ1) is 15.3. The van der Waals surface area contributed by atoms with Crippen molar-refractivity contribution < 1.29 is 4.74 Å². The van der Waals surface area contributed by atoms with Crippen molar-refractivity contribution in [1.82, 2.24) is 14.7 Å². The average Bonchev–Trinajstić information content (AvgIpc) is 3.08. The second kappa shape index (κ2) is 8.11. The molecule has 1 unspecified atom stereocenters. The third kappa shape index (κ3) is 4.68. The summed E-state index contributed by atoms with van der Waals surface area (Å²) in [6, 6.07) is 12.7. The highest BCUT2D eigenvalue weighted by atomic mass is 16.5. The largest absolute Gasteiger partial charge is 0.376 e. The molecule has 0 saturated carbocycles. The minimum absolute atomic E-state index is 0.374. The molecular formula is C18H25N3O. The fourth-order valence-corrected chi connectivity index (χ4v) is 3.02. The summed E-state index contributed by atoms with van der Waals surface area (Å²) >= 11 is 0. The molecule has 2 heterocycles. The van der Waals surface area contributed by atoms with E-state index in [0.717, 1.165) is 52.0 Å². The topological polar surface area (TPSA) is 30.3 Å². The van der Waals surface area contributed by atoms with Gasteiger partial charge in [-0.3, -0.25) is 9.58 Å². The van der Waals surface area contributed by atoms with Gasteiger partial charge in [0.2, 0.25) is 0 Å². The quantitative estimate of drug-likeness (QED) is 0.787. The standard InChI is InChI=1S/C18H25N3O/c1-2-6-17(7-3-1)8-9-18-16-20(14-15-22-18)11-5-13-21-12-4-10-19-21/h1-4,6-7,10,12,18H,5,8-9,11,13-16H2. The second-order valence-electron chi connectivity index (χ2n) is 5.94. The second-order valence-corrected chi connectivity index (χ2v) is 5.94. The number of benzene rings is 1. The van der Waals surface area contributed by atoms with Gasteiger partial charge in [-0.2, -0.15) is 5.10 Å². The first-order valence-electron chi connectivity index (χ1n) is 8.25. The van der Waals surface area contributed by atoms with Crippen molar-refractivity contribution >= 4 is 0 Å². The number of hydrogen-bond donors (Lipinski definition) is 0. The Morgan fingerprint density at radius 3 is 2.86 bits per heavy atom. The lowest BCUT2D eigenvalue weighted by Crippen LogP contribution is -2.43. The summed E-state index contributed by atoms with van der Waals surface area (Å²) < 4.78 is 7.93. The molecule has 0 amide bonds. The zero-order valence-corrected chi connectivity index (χ0v) is 13.1. The van der Waals surface area contributed by atoms with Gasteiger partial charge in [0.15, 0.2) is 0 Å². The monoisotopic (exact) mass is 299 g/mol. The molecule has 4 nitrogen and oxygen atoms in total. The molecule has 2 aromatic rings. The van der Waals surface area contributed by atoms with Crippen molar-refractivity contribution in [3.8, 4) is 0 Å². The van der Waals surface area contributed by atoms with Crippen molar-refractivity contribution in [2.24, 2.45) is 0 Å². The minimum Gasteiger partial charge on any atom is -0.376 e. The number of nitrogens with zero attached hydrogens (tertiary/aromatic N) is 3. The van der Waals surface area contributed by atoms with E-state index < -0.39 is 0 Å². The molecule has 1 fully saturated rings. The van der Waals surface area contributed by atoms with Crippen LogP contribution in [0.3, 0.4) is 0 Å². The van der Waals surface area contributed by atoms with Crippen LogP contribution in [0.4, 0.5) is 0 Å². The van der Waals surface area contributed by atoms with E-state index in [9.17, 15) is 0 Å². The van der Waals surface area contributed by atoms with E-state index in [1.807, 2.05) is 23.1 Å². The fourth-order valence-electron chi connectivity index (χ4n) is 3.02. The molecule has 0 N–H and O–H groups in total. The summed E-state index contributed by atoms with van der Waals surface area (Å²) in [4.78, 5) is 2.53. The van der Waals surface area contributed by atoms with Crippen molar-refractivity contribution in [2.45, 2.75) is 31.9 Å². The van der Waals surface area contributed by atoms with Gasteiger partial charge in [0.05, 0.1) is 12.7 Å². The van der Waals surface area contributed by atoms with Crippen LogP contribution in [-0.2, 0) is 17.7 Å². The van der Waals surface area contributed by atoms with Crippen LogP contribution in [-0.4, -0.2) is 47.0 Å². The van der Waals surface area contributed by atoms with Crippen molar-refractivity contribution in [3.05, 3.63) is 54.4 Å². The van der Waals surface area contributed by atoms with Gasteiger partial charge in [0.25, 0.3) is 0 Å². The molecular weight excluding hydrogens is 274 g/mol. The lowest BCUT2D eigenvalue weighted by Gasteiger charge is -2.33. The van der Waals surface area contributed by atoms with E-state index in [1.165, 1.54) is 5.56 Å². The summed E-state index contributed by atoms with van der Waals surface area (Å²) in [7, 11) is 0. The van der Waals surface area contributed by atoms with Crippen molar-refractivity contribution in [1.29, 1.82) is 0 Å². The molecule has 0 radical (unpaired) electrons. The third-order valence-electron chi connectivity index (χ3n) is 4.24. The number of hydrogen-bond acceptors (Lipinski definition) is 3. The predicted molar refractivity (Wildman–Crippen MR) is 87.8 cm³/mol. The first-order valence-corrected chi connectivity index (χ1v) is 8.25. The Bertz CT molecular complexity index is 527. The highest BCUT2D eigenvalue weighted by Gasteiger charge is 2.19. The van der Waals surface area contributed by atoms with Crippen LogP contribution in [0.5, 0.6) is 0 Å². The molecule has 4 heteroatoms. The van der Waals surface area contributed by atoms with Crippen molar-refractivity contribution in [2.75, 3.05) is 26.2 Å². The summed E-state index contributed by atoms with van der Waals surface area (Å²) in [5, 5.41) is 4.25. The maximum atomic E-state index is 5.92. The molecule has 3 rings (SSSR count). The van der Waals surface area contributed by atoms with Gasteiger partial charge < -0.3 is 4.74 Å². The Kier molecular flexibility index (Phi) is 5.62. The lowest BCUT2D eigenvalue weighted by atomic mass is 10.1. The molecule has 22 heavy (non-hydrogen) atoms. The Hall–Kier alpha value is -1.65. The Balaban J connectivity index is 1.37. The summed E-state index contributed by atoms with van der Waals surface area (Å²) in [6.45, 7) is 5.11.